The van der Waals surface area contributed by atoms with E-state index >= 15 is 0 Å². The maximum atomic E-state index is 5.89. The molecule has 5 heteroatoms. The molecule has 0 bridgehead atoms. The second kappa shape index (κ2) is 9.56. The van der Waals surface area contributed by atoms with Gasteiger partial charge in [0.2, 0.25) is 0 Å². The second-order valence-corrected chi connectivity index (χ2v) is 10.7. The molecule has 2 unspecified atom stereocenters. The molecule has 2 aromatic carbocycles. The molecule has 0 amide bonds. The molecular formula is C28H22Cl2O2Ti. The van der Waals surface area contributed by atoms with Crippen molar-refractivity contribution in [2.45, 2.75) is 22.3 Å². The summed E-state index contributed by atoms with van der Waals surface area (Å²) in [5.74, 6) is 1.99. The summed E-state index contributed by atoms with van der Waals surface area (Å²) in [7, 11) is 0. The molecule has 0 radical (unpaired) electrons. The smallest absolute Gasteiger partial charge is 1.00 e. The summed E-state index contributed by atoms with van der Waals surface area (Å²) < 4.78 is 12.6. The first-order valence-electron chi connectivity index (χ1n) is 10.7. The van der Waals surface area contributed by atoms with E-state index in [0.29, 0.717) is 8.45 Å². The molecule has 0 fully saturated rings. The first-order chi connectivity index (χ1) is 15.2. The average molecular weight is 509 g/mol. The summed E-state index contributed by atoms with van der Waals surface area (Å²) in [6, 6.07) is 21.6. The fourth-order valence-corrected chi connectivity index (χ4v) is 8.09. The van der Waals surface area contributed by atoms with Gasteiger partial charge in [-0.2, -0.15) is 0 Å². The van der Waals surface area contributed by atoms with E-state index in [1.807, 2.05) is 12.1 Å². The monoisotopic (exact) mass is 508 g/mol. The van der Waals surface area contributed by atoms with Gasteiger partial charge in [-0.1, -0.05) is 0 Å². The molecule has 4 aromatic rings. The van der Waals surface area contributed by atoms with Crippen molar-refractivity contribution in [2.75, 3.05) is 0 Å². The number of furan rings is 2. The second-order valence-electron chi connectivity index (χ2n) is 8.34. The van der Waals surface area contributed by atoms with E-state index < -0.39 is 19.2 Å². The molecule has 0 aliphatic heterocycles. The van der Waals surface area contributed by atoms with Crippen LogP contribution in [0.2, 0.25) is 0 Å². The Morgan fingerprint density at radius 1 is 0.606 bits per heavy atom. The first kappa shape index (κ1) is 23.9. The Kier molecular flexibility index (Phi) is 6.93. The van der Waals surface area contributed by atoms with E-state index in [0.717, 1.165) is 11.5 Å². The molecule has 0 N–H and O–H groups in total. The number of allylic oxidation sites excluding steroid dienone is 2. The zero-order chi connectivity index (χ0) is 20.9. The van der Waals surface area contributed by atoms with E-state index in [4.69, 9.17) is 8.83 Å². The van der Waals surface area contributed by atoms with Crippen molar-refractivity contribution in [3.8, 4) is 0 Å². The van der Waals surface area contributed by atoms with Crippen LogP contribution in [0.25, 0.3) is 23.3 Å². The Hall–Kier alpha value is -2.23. The molecule has 2 heterocycles. The van der Waals surface area contributed by atoms with Gasteiger partial charge in [-0.3, -0.25) is 0 Å². The minimum atomic E-state index is -0.515. The van der Waals surface area contributed by atoms with Gasteiger partial charge in [0.25, 0.3) is 0 Å². The normalized spacial score (nSPS) is 17.8. The van der Waals surface area contributed by atoms with Crippen LogP contribution in [0, 0.1) is 13.8 Å². The predicted molar refractivity (Wildman–Crippen MR) is 121 cm³/mol. The first-order valence-corrected chi connectivity index (χ1v) is 12.5. The van der Waals surface area contributed by atoms with Gasteiger partial charge < -0.3 is 24.8 Å². The molecule has 33 heavy (non-hydrogen) atoms. The fraction of sp³-hybridized carbons (Fsp3) is 0.143. The summed E-state index contributed by atoms with van der Waals surface area (Å²) in [5, 5.41) is 0. The van der Waals surface area contributed by atoms with Gasteiger partial charge >= 0.3 is 192 Å². The van der Waals surface area contributed by atoms with Crippen molar-refractivity contribution >= 4 is 23.3 Å². The number of halogens is 2. The van der Waals surface area contributed by atoms with Crippen LogP contribution >= 0.6 is 0 Å². The molecule has 2 atom stereocenters. The molecule has 0 saturated heterocycles. The van der Waals surface area contributed by atoms with E-state index in [-0.39, 0.29) is 24.8 Å². The number of hydrogen-bond acceptors (Lipinski definition) is 2. The van der Waals surface area contributed by atoms with Gasteiger partial charge in [0.1, 0.15) is 0 Å². The SMILES string of the molecule is Cc1cccc2c1C=C(c1ccco1)[CH]2[Ti+2][CH]1C(c2ccco2)=Cc2c(C)cccc21.[Cl-].[Cl-]. The summed E-state index contributed by atoms with van der Waals surface area (Å²) in [4.78, 5) is 0. The number of fused-ring (bicyclic) bond motifs is 2. The van der Waals surface area contributed by atoms with Crippen molar-refractivity contribution < 1.29 is 52.8 Å². The number of rotatable bonds is 4. The Balaban J connectivity index is 0.00000130. The zero-order valence-corrected chi connectivity index (χ0v) is 21.4. The molecular weight excluding hydrogens is 487 g/mol. The molecule has 0 saturated carbocycles. The Bertz CT molecular complexity index is 1230. The van der Waals surface area contributed by atoms with Crippen molar-refractivity contribution in [1.29, 1.82) is 0 Å². The van der Waals surface area contributed by atoms with Crippen LogP contribution in [0.3, 0.4) is 0 Å². The third kappa shape index (κ3) is 4.00. The van der Waals surface area contributed by atoms with Crippen LogP contribution in [-0.4, -0.2) is 0 Å². The van der Waals surface area contributed by atoms with Gasteiger partial charge in [-0.15, -0.1) is 0 Å². The third-order valence-corrected chi connectivity index (χ3v) is 9.49. The van der Waals surface area contributed by atoms with Crippen LogP contribution < -0.4 is 24.8 Å². The third-order valence-electron chi connectivity index (χ3n) is 6.50. The van der Waals surface area contributed by atoms with Crippen molar-refractivity contribution in [3.05, 3.63) is 118 Å². The van der Waals surface area contributed by atoms with Gasteiger partial charge in [-0.05, 0) is 0 Å². The molecule has 6 rings (SSSR count). The van der Waals surface area contributed by atoms with Gasteiger partial charge in [0.05, 0.1) is 0 Å². The van der Waals surface area contributed by atoms with Crippen molar-refractivity contribution in [2.24, 2.45) is 0 Å². The van der Waals surface area contributed by atoms with Crippen LogP contribution in [0.15, 0.2) is 82.0 Å². The van der Waals surface area contributed by atoms with Gasteiger partial charge in [0.15, 0.2) is 0 Å². The minimum Gasteiger partial charge on any atom is -1.00 e. The summed E-state index contributed by atoms with van der Waals surface area (Å²) in [6.07, 6.45) is 8.29. The van der Waals surface area contributed by atoms with E-state index in [2.05, 4.69) is 74.5 Å². The molecule has 2 aromatic heterocycles. The minimum absolute atomic E-state index is 0. The Morgan fingerprint density at radius 2 is 1.06 bits per heavy atom. The zero-order valence-electron chi connectivity index (χ0n) is 18.3. The standard InChI is InChI=1S/2C14H11O.2ClH.Ti/c2*1-10-4-2-5-11-8-12(9-13(10)11)14-6-3-7-15-14;;;/h2*2-9H,1H3;2*1H;/q;;;;+2/p-2. The maximum absolute atomic E-state index is 5.89. The summed E-state index contributed by atoms with van der Waals surface area (Å²) >= 11 is -0.515. The van der Waals surface area contributed by atoms with Crippen molar-refractivity contribution in [3.63, 3.8) is 0 Å². The molecule has 2 nitrogen and oxygen atoms in total. The fourth-order valence-electron chi connectivity index (χ4n) is 4.96. The Morgan fingerprint density at radius 3 is 1.45 bits per heavy atom. The van der Waals surface area contributed by atoms with E-state index in [9.17, 15) is 0 Å². The maximum Gasteiger partial charge on any atom is -1.00 e. The molecule has 2 aliphatic rings. The summed E-state index contributed by atoms with van der Waals surface area (Å²) in [6.45, 7) is 4.42. The molecule has 0 spiro atoms. The largest absolute Gasteiger partial charge is 1.00 e. The predicted octanol–water partition coefficient (Wildman–Crippen LogP) is 1.47. The number of aryl methyl sites for hydroxylation is 2. The van der Waals surface area contributed by atoms with Gasteiger partial charge in [-0.25, -0.2) is 0 Å². The number of hydrogen-bond donors (Lipinski definition) is 0. The van der Waals surface area contributed by atoms with E-state index in [1.54, 1.807) is 12.5 Å². The van der Waals surface area contributed by atoms with Crippen LogP contribution in [0.1, 0.15) is 53.3 Å². The number of benzene rings is 2. The average Bonchev–Trinajstić information content (AvgIpc) is 3.56. The quantitative estimate of drug-likeness (QED) is 0.390. The van der Waals surface area contributed by atoms with Crippen molar-refractivity contribution in [1.82, 2.24) is 0 Å². The topological polar surface area (TPSA) is 26.3 Å². The van der Waals surface area contributed by atoms with Crippen LogP contribution in [0.4, 0.5) is 0 Å². The summed E-state index contributed by atoms with van der Waals surface area (Å²) in [5.41, 5.74) is 11.0. The van der Waals surface area contributed by atoms with Gasteiger partial charge in [0, 0.05) is 0 Å². The van der Waals surface area contributed by atoms with E-state index in [1.165, 1.54) is 44.5 Å². The Labute approximate surface area is 215 Å². The van der Waals surface area contributed by atoms with Crippen LogP contribution in [-0.2, 0) is 19.2 Å². The molecule has 2 aliphatic carbocycles. The van der Waals surface area contributed by atoms with Crippen LogP contribution in [0.5, 0.6) is 0 Å². The molecule has 164 valence electrons.